The van der Waals surface area contributed by atoms with Crippen LogP contribution in [0.1, 0.15) is 20.3 Å². The molecule has 0 aromatic rings. The van der Waals surface area contributed by atoms with Crippen LogP contribution in [0.25, 0.3) is 0 Å². The predicted molar refractivity (Wildman–Crippen MR) is 75.0 cm³/mol. The average molecular weight is 322 g/mol. The Morgan fingerprint density at radius 1 is 1.10 bits per heavy atom. The third kappa shape index (κ3) is 7.69. The number of aliphatic hydroxyl groups is 1. The van der Waals surface area contributed by atoms with Gasteiger partial charge in [-0.3, -0.25) is 14.4 Å². The van der Waals surface area contributed by atoms with Gasteiger partial charge in [0.2, 0.25) is 11.8 Å². The summed E-state index contributed by atoms with van der Waals surface area (Å²) in [6.07, 6.45) is 0.0423. The Bertz CT molecular complexity index is 417. The fourth-order valence-corrected chi connectivity index (χ4v) is 2.07. The summed E-state index contributed by atoms with van der Waals surface area (Å²) in [7, 11) is -1.80. The highest BCUT2D eigenvalue weighted by Gasteiger charge is 2.27. The molecule has 0 saturated heterocycles. The van der Waals surface area contributed by atoms with E-state index in [2.05, 4.69) is 15.7 Å². The lowest BCUT2D eigenvalue weighted by atomic mass is 10.2. The van der Waals surface area contributed by atoms with Gasteiger partial charge in [-0.05, 0) is 20.3 Å². The Labute approximate surface area is 123 Å². The van der Waals surface area contributed by atoms with Crippen molar-refractivity contribution in [1.29, 1.82) is 0 Å². The zero-order valence-electron chi connectivity index (χ0n) is 12.1. The molecule has 1 unspecified atom stereocenters. The summed E-state index contributed by atoms with van der Waals surface area (Å²) >= 11 is 0. The molecule has 2 amide bonds. The van der Waals surface area contributed by atoms with E-state index in [0.717, 1.165) is 0 Å². The number of aliphatic hydroxyl groups excluding tert-OH is 1. The first-order chi connectivity index (χ1) is 9.68. The molecule has 0 aromatic carbocycles. The average Bonchev–Trinajstić information content (AvgIpc) is 2.37. The van der Waals surface area contributed by atoms with Crippen molar-refractivity contribution >= 4 is 25.7 Å². The molecular weight excluding hydrogens is 301 g/mol. The summed E-state index contributed by atoms with van der Waals surface area (Å²) in [6, 6.07) is -2.93. The van der Waals surface area contributed by atoms with Gasteiger partial charge >= 0.3 is 13.9 Å². The molecule has 0 fully saturated rings. The van der Waals surface area contributed by atoms with Gasteiger partial charge < -0.3 is 20.8 Å². The number of rotatable bonds is 9. The molecule has 0 aliphatic heterocycles. The second kappa shape index (κ2) is 9.38. The summed E-state index contributed by atoms with van der Waals surface area (Å²) in [5.41, 5.74) is 0. The molecule has 0 aliphatic rings. The molecule has 10 heteroatoms. The minimum Gasteiger partial charge on any atom is -0.480 e. The summed E-state index contributed by atoms with van der Waals surface area (Å²) in [5, 5.41) is 24.6. The second-order valence-electron chi connectivity index (χ2n) is 4.49. The smallest absolute Gasteiger partial charge is 0.429 e. The van der Waals surface area contributed by atoms with Crippen LogP contribution in [0.3, 0.4) is 0 Å². The number of nitrogens with one attached hydrogen (secondary N) is 3. The van der Waals surface area contributed by atoms with E-state index in [1.165, 1.54) is 20.5 Å². The topological polar surface area (TPSA) is 145 Å². The minimum absolute atomic E-state index is 0.0423. The monoisotopic (exact) mass is 322 g/mol. The van der Waals surface area contributed by atoms with Crippen LogP contribution in [0.4, 0.5) is 0 Å². The van der Waals surface area contributed by atoms with Crippen molar-refractivity contribution in [3.8, 4) is 0 Å². The molecule has 0 radical (unpaired) electrons. The van der Waals surface area contributed by atoms with Crippen LogP contribution in [0.5, 0.6) is 0 Å². The number of hydrogen-bond acceptors (Lipinski definition) is 5. The van der Waals surface area contributed by atoms with E-state index < -0.39 is 43.9 Å². The van der Waals surface area contributed by atoms with Gasteiger partial charge in [-0.2, -0.15) is 0 Å². The third-order valence-corrected chi connectivity index (χ3v) is 3.23. The second-order valence-corrected chi connectivity index (χ2v) is 5.74. The number of amides is 2. The van der Waals surface area contributed by atoms with Gasteiger partial charge in [-0.25, -0.2) is 0 Å². The van der Waals surface area contributed by atoms with Crippen LogP contribution in [0.2, 0.25) is 0 Å². The number of carbonyl (C=O) groups is 3. The van der Waals surface area contributed by atoms with Crippen molar-refractivity contribution in [2.24, 2.45) is 0 Å². The maximum Gasteiger partial charge on any atom is 0.429 e. The van der Waals surface area contributed by atoms with E-state index in [-0.39, 0.29) is 13.0 Å². The van der Waals surface area contributed by atoms with Crippen molar-refractivity contribution in [3.05, 3.63) is 0 Å². The Balaban J connectivity index is 4.55. The first-order valence-corrected chi connectivity index (χ1v) is 8.01. The van der Waals surface area contributed by atoms with Gasteiger partial charge in [0.1, 0.15) is 18.1 Å². The van der Waals surface area contributed by atoms with Gasteiger partial charge in [-0.15, -0.1) is 0 Å². The van der Waals surface area contributed by atoms with Crippen molar-refractivity contribution in [1.82, 2.24) is 15.7 Å². The first kappa shape index (κ1) is 19.4. The standard InChI is InChI=1S/C11H20N3O6P/c1-6(9(16)13-7(2)11(18)19)12-10(17)8(4-5-15)14-21(3)20/h6-8,15H,4-5H2,1-3H3,(H3-,12,13,14,16,17,18,19,20)/p+1/t6-,7-,8-/m0/s1. The minimum atomic E-state index is -1.80. The maximum absolute atomic E-state index is 11.9. The van der Waals surface area contributed by atoms with Crippen molar-refractivity contribution in [2.45, 2.75) is 38.4 Å². The number of hydrogen-bond donors (Lipinski definition) is 5. The highest BCUT2D eigenvalue weighted by molar-refractivity contribution is 7.41. The van der Waals surface area contributed by atoms with E-state index in [4.69, 9.17) is 10.2 Å². The Hall–Kier alpha value is -1.57. The van der Waals surface area contributed by atoms with E-state index in [0.29, 0.717) is 0 Å². The first-order valence-electron chi connectivity index (χ1n) is 6.30. The lowest BCUT2D eigenvalue weighted by molar-refractivity contribution is -0.141. The highest BCUT2D eigenvalue weighted by Crippen LogP contribution is 2.10. The third-order valence-electron chi connectivity index (χ3n) is 2.55. The van der Waals surface area contributed by atoms with Gasteiger partial charge in [0, 0.05) is 6.61 Å². The normalized spacial score (nSPS) is 15.5. The number of carboxylic acid groups (broad SMARTS) is 1. The van der Waals surface area contributed by atoms with Gasteiger partial charge in [-0.1, -0.05) is 9.65 Å². The fraction of sp³-hybridized carbons (Fsp3) is 0.727. The van der Waals surface area contributed by atoms with Crippen LogP contribution in [-0.2, 0) is 18.9 Å². The lowest BCUT2D eigenvalue weighted by Gasteiger charge is -2.18. The van der Waals surface area contributed by atoms with Crippen LogP contribution in [0, 0.1) is 0 Å². The molecule has 0 aromatic heterocycles. The summed E-state index contributed by atoms with van der Waals surface area (Å²) < 4.78 is 11.1. The molecule has 4 atom stereocenters. The molecule has 0 saturated carbocycles. The van der Waals surface area contributed by atoms with E-state index in [1.807, 2.05) is 0 Å². The number of carboxylic acids is 1. The van der Waals surface area contributed by atoms with Crippen molar-refractivity contribution < 1.29 is 29.2 Å². The number of carbonyl (C=O) groups excluding carboxylic acids is 2. The molecule has 0 spiro atoms. The Kier molecular flexibility index (Phi) is 8.68. The van der Waals surface area contributed by atoms with Crippen LogP contribution in [-0.4, -0.2) is 59.4 Å². The van der Waals surface area contributed by atoms with Crippen molar-refractivity contribution in [3.63, 3.8) is 0 Å². The SMILES string of the molecule is C[C@H](NC(=O)[C@H](C)NC(=O)[C@H](CCO)N[P+](C)=O)C(=O)O. The van der Waals surface area contributed by atoms with E-state index in [1.54, 1.807) is 0 Å². The van der Waals surface area contributed by atoms with Gasteiger partial charge in [0.25, 0.3) is 0 Å². The zero-order valence-corrected chi connectivity index (χ0v) is 13.0. The maximum atomic E-state index is 11.9. The zero-order chi connectivity index (χ0) is 16.6. The largest absolute Gasteiger partial charge is 0.480 e. The van der Waals surface area contributed by atoms with Crippen LogP contribution in [0.15, 0.2) is 0 Å². The van der Waals surface area contributed by atoms with Gasteiger partial charge in [0.15, 0.2) is 6.66 Å². The van der Waals surface area contributed by atoms with Crippen molar-refractivity contribution in [2.75, 3.05) is 13.3 Å². The molecule has 0 bridgehead atoms. The molecule has 0 aliphatic carbocycles. The molecule has 21 heavy (non-hydrogen) atoms. The molecule has 0 rings (SSSR count). The molecule has 120 valence electrons. The highest BCUT2D eigenvalue weighted by atomic mass is 31.1. The molecule has 0 heterocycles. The lowest BCUT2D eigenvalue weighted by Crippen LogP contribution is -2.53. The molecule has 5 N–H and O–H groups in total. The molecular formula is C11H21N3O6P+. The number of aliphatic carboxylic acids is 1. The quantitative estimate of drug-likeness (QED) is 0.335. The predicted octanol–water partition coefficient (Wildman–Crippen LogP) is -1.21. The Morgan fingerprint density at radius 3 is 2.05 bits per heavy atom. The van der Waals surface area contributed by atoms with Gasteiger partial charge in [0.05, 0.1) is 0 Å². The summed E-state index contributed by atoms with van der Waals surface area (Å²) in [5.74, 6) is -2.44. The fourth-order valence-electron chi connectivity index (χ4n) is 1.38. The van der Waals surface area contributed by atoms with Crippen LogP contribution < -0.4 is 15.7 Å². The summed E-state index contributed by atoms with van der Waals surface area (Å²) in [4.78, 5) is 34.2. The Morgan fingerprint density at radius 2 is 1.62 bits per heavy atom. The van der Waals surface area contributed by atoms with E-state index >= 15 is 0 Å². The van der Waals surface area contributed by atoms with E-state index in [9.17, 15) is 18.9 Å². The molecule has 9 nitrogen and oxygen atoms in total. The summed E-state index contributed by atoms with van der Waals surface area (Å²) in [6.45, 7) is 3.78. The van der Waals surface area contributed by atoms with Crippen LogP contribution >= 0.6 is 7.95 Å².